The summed E-state index contributed by atoms with van der Waals surface area (Å²) < 4.78 is 2.39. The quantitative estimate of drug-likeness (QED) is 0.564. The molecule has 0 radical (unpaired) electrons. The highest BCUT2D eigenvalue weighted by molar-refractivity contribution is 7.26. The van der Waals surface area contributed by atoms with E-state index in [2.05, 4.69) is 12.1 Å². The Hall–Kier alpha value is -1.74. The number of benzene rings is 2. The molecule has 0 spiro atoms. The summed E-state index contributed by atoms with van der Waals surface area (Å²) in [7, 11) is 0. The summed E-state index contributed by atoms with van der Waals surface area (Å²) in [6.45, 7) is 0. The Morgan fingerprint density at radius 2 is 1.20 bits per heavy atom. The van der Waals surface area contributed by atoms with Crippen LogP contribution >= 0.6 is 11.3 Å². The molecule has 4 N–H and O–H groups in total. The minimum atomic E-state index is 0.802. The average Bonchev–Trinajstić information content (AvgIpc) is 2.58. The number of nitrogens with two attached hydrogens (primary N) is 2. The molecule has 0 aliphatic rings. The van der Waals surface area contributed by atoms with Crippen LogP contribution in [0.15, 0.2) is 36.4 Å². The van der Waals surface area contributed by atoms with Crippen molar-refractivity contribution in [2.75, 3.05) is 11.5 Å². The van der Waals surface area contributed by atoms with Crippen molar-refractivity contribution in [1.29, 1.82) is 0 Å². The van der Waals surface area contributed by atoms with E-state index in [0.717, 1.165) is 22.1 Å². The summed E-state index contributed by atoms with van der Waals surface area (Å²) in [5.41, 5.74) is 13.6. The molecule has 15 heavy (non-hydrogen) atoms. The zero-order valence-corrected chi connectivity index (χ0v) is 8.84. The van der Waals surface area contributed by atoms with Crippen molar-refractivity contribution in [3.05, 3.63) is 36.4 Å². The minimum Gasteiger partial charge on any atom is -0.398 e. The van der Waals surface area contributed by atoms with Crippen molar-refractivity contribution in [3.63, 3.8) is 0 Å². The van der Waals surface area contributed by atoms with Crippen molar-refractivity contribution < 1.29 is 0 Å². The van der Waals surface area contributed by atoms with E-state index in [9.17, 15) is 0 Å². The van der Waals surface area contributed by atoms with Gasteiger partial charge < -0.3 is 11.5 Å². The molecule has 0 atom stereocenters. The van der Waals surface area contributed by atoms with Crippen LogP contribution in [0.1, 0.15) is 0 Å². The van der Waals surface area contributed by atoms with Crippen molar-refractivity contribution in [2.24, 2.45) is 0 Å². The smallest absolute Gasteiger partial charge is 0.0409 e. The maximum absolute atomic E-state index is 5.99. The van der Waals surface area contributed by atoms with Gasteiger partial charge in [-0.25, -0.2) is 0 Å². The molecule has 0 bridgehead atoms. The lowest BCUT2D eigenvalue weighted by atomic mass is 10.1. The molecule has 0 saturated heterocycles. The second-order valence-electron chi connectivity index (χ2n) is 3.54. The fourth-order valence-electron chi connectivity index (χ4n) is 1.92. The first-order valence-corrected chi connectivity index (χ1v) is 5.54. The van der Waals surface area contributed by atoms with E-state index in [-0.39, 0.29) is 0 Å². The van der Waals surface area contributed by atoms with Gasteiger partial charge >= 0.3 is 0 Å². The second-order valence-corrected chi connectivity index (χ2v) is 4.63. The monoisotopic (exact) mass is 214 g/mol. The molecule has 2 aromatic carbocycles. The molecule has 3 rings (SSSR count). The van der Waals surface area contributed by atoms with Gasteiger partial charge in [-0.2, -0.15) is 0 Å². The van der Waals surface area contributed by atoms with Gasteiger partial charge in [0.2, 0.25) is 0 Å². The number of hydrogen-bond acceptors (Lipinski definition) is 3. The topological polar surface area (TPSA) is 52.0 Å². The lowest BCUT2D eigenvalue weighted by Crippen LogP contribution is -1.87. The van der Waals surface area contributed by atoms with Crippen molar-refractivity contribution in [2.45, 2.75) is 0 Å². The fraction of sp³-hybridized carbons (Fsp3) is 0. The van der Waals surface area contributed by atoms with Crippen LogP contribution in [-0.2, 0) is 0 Å². The average molecular weight is 214 g/mol. The Morgan fingerprint density at radius 3 is 1.67 bits per heavy atom. The first-order chi connectivity index (χ1) is 7.27. The van der Waals surface area contributed by atoms with E-state index >= 15 is 0 Å². The van der Waals surface area contributed by atoms with Crippen LogP contribution in [0, 0.1) is 0 Å². The summed E-state index contributed by atoms with van der Waals surface area (Å²) in [4.78, 5) is 0. The lowest BCUT2D eigenvalue weighted by molar-refractivity contribution is 1.78. The molecule has 1 aromatic heterocycles. The number of rotatable bonds is 0. The Labute approximate surface area is 91.1 Å². The van der Waals surface area contributed by atoms with Crippen molar-refractivity contribution >= 4 is 42.9 Å². The number of hydrogen-bond donors (Lipinski definition) is 2. The first-order valence-electron chi connectivity index (χ1n) is 4.72. The van der Waals surface area contributed by atoms with Crippen LogP contribution in [0.4, 0.5) is 11.4 Å². The molecule has 0 amide bonds. The molecule has 3 heteroatoms. The molecule has 0 fully saturated rings. The molecular formula is C12H10N2S. The minimum absolute atomic E-state index is 0.802. The summed E-state index contributed by atoms with van der Waals surface area (Å²) in [5, 5.41) is 2.19. The summed E-state index contributed by atoms with van der Waals surface area (Å²) in [5.74, 6) is 0. The highest BCUT2D eigenvalue weighted by Gasteiger charge is 2.09. The zero-order chi connectivity index (χ0) is 10.4. The molecule has 74 valence electrons. The van der Waals surface area contributed by atoms with Crippen molar-refractivity contribution in [1.82, 2.24) is 0 Å². The highest BCUT2D eigenvalue weighted by atomic mass is 32.1. The Kier molecular flexibility index (Phi) is 1.64. The normalized spacial score (nSPS) is 11.2. The predicted molar refractivity (Wildman–Crippen MR) is 68.2 cm³/mol. The van der Waals surface area contributed by atoms with Gasteiger partial charge in [0.15, 0.2) is 0 Å². The van der Waals surface area contributed by atoms with Gasteiger partial charge in [-0.3, -0.25) is 0 Å². The van der Waals surface area contributed by atoms with E-state index in [0.29, 0.717) is 0 Å². The van der Waals surface area contributed by atoms with Crippen LogP contribution in [0.2, 0.25) is 0 Å². The second kappa shape index (κ2) is 2.87. The van der Waals surface area contributed by atoms with Crippen LogP contribution in [0.3, 0.4) is 0 Å². The number of thiophene rings is 1. The van der Waals surface area contributed by atoms with Crippen LogP contribution < -0.4 is 11.5 Å². The van der Waals surface area contributed by atoms with Gasteiger partial charge in [0.1, 0.15) is 0 Å². The van der Waals surface area contributed by atoms with E-state index < -0.39 is 0 Å². The van der Waals surface area contributed by atoms with Gasteiger partial charge in [-0.15, -0.1) is 11.3 Å². The molecular weight excluding hydrogens is 204 g/mol. The van der Waals surface area contributed by atoms with Crippen molar-refractivity contribution in [3.8, 4) is 0 Å². The third-order valence-electron chi connectivity index (χ3n) is 2.59. The van der Waals surface area contributed by atoms with Gasteiger partial charge in [0.05, 0.1) is 0 Å². The molecule has 0 aliphatic heterocycles. The molecule has 0 saturated carbocycles. The molecule has 0 aliphatic carbocycles. The summed E-state index contributed by atoms with van der Waals surface area (Å²) in [6.07, 6.45) is 0. The maximum Gasteiger partial charge on any atom is 0.0409 e. The van der Waals surface area contributed by atoms with Gasteiger partial charge in [0.25, 0.3) is 0 Å². The molecule has 0 unspecified atom stereocenters. The summed E-state index contributed by atoms with van der Waals surface area (Å²) in [6, 6.07) is 11.9. The van der Waals surface area contributed by atoms with E-state index in [1.54, 1.807) is 11.3 Å². The lowest BCUT2D eigenvalue weighted by Gasteiger charge is -1.99. The standard InChI is InChI=1S/C12H10N2S/c13-7-3-1-5-9-11(7)12-8(14)4-2-6-10(12)15-9/h1-6H,13-14H2. The highest BCUT2D eigenvalue weighted by Crippen LogP contribution is 2.39. The van der Waals surface area contributed by atoms with E-state index in [4.69, 9.17) is 11.5 Å². The zero-order valence-electron chi connectivity index (χ0n) is 8.03. The molecule has 1 heterocycles. The third-order valence-corrected chi connectivity index (χ3v) is 3.71. The van der Waals surface area contributed by atoms with Crippen LogP contribution in [0.5, 0.6) is 0 Å². The predicted octanol–water partition coefficient (Wildman–Crippen LogP) is 3.22. The molecule has 2 nitrogen and oxygen atoms in total. The van der Waals surface area contributed by atoms with Gasteiger partial charge in [0, 0.05) is 31.5 Å². The number of anilines is 2. The Morgan fingerprint density at radius 1 is 0.733 bits per heavy atom. The van der Waals surface area contributed by atoms with Crippen LogP contribution in [-0.4, -0.2) is 0 Å². The Bertz CT molecular complexity index is 599. The SMILES string of the molecule is Nc1cccc2sc3cccc(N)c3c12. The summed E-state index contributed by atoms with van der Waals surface area (Å²) >= 11 is 1.73. The number of fused-ring (bicyclic) bond motifs is 3. The Balaban J connectivity index is 2.67. The van der Waals surface area contributed by atoms with Gasteiger partial charge in [-0.05, 0) is 24.3 Å². The fourth-order valence-corrected chi connectivity index (χ4v) is 3.09. The number of nitrogen functional groups attached to an aromatic ring is 2. The first kappa shape index (κ1) is 8.56. The maximum atomic E-state index is 5.99. The van der Waals surface area contributed by atoms with E-state index in [1.807, 2.05) is 24.3 Å². The molecule has 3 aromatic rings. The largest absolute Gasteiger partial charge is 0.398 e. The third kappa shape index (κ3) is 1.10. The van der Waals surface area contributed by atoms with E-state index in [1.165, 1.54) is 9.40 Å². The van der Waals surface area contributed by atoms with Crippen LogP contribution in [0.25, 0.3) is 20.2 Å². The van der Waals surface area contributed by atoms with Gasteiger partial charge in [-0.1, -0.05) is 12.1 Å².